The fourth-order valence-electron chi connectivity index (χ4n) is 1.55. The van der Waals surface area contributed by atoms with E-state index in [4.69, 9.17) is 28.9 Å². The molecule has 0 saturated carbocycles. The Bertz CT molecular complexity index is 343. The van der Waals surface area contributed by atoms with E-state index in [2.05, 4.69) is 10.9 Å². The van der Waals surface area contributed by atoms with Gasteiger partial charge in [-0.15, -0.1) is 0 Å². The smallest absolute Gasteiger partial charge is 0.0626 e. The van der Waals surface area contributed by atoms with Crippen LogP contribution in [-0.4, -0.2) is 12.6 Å². The Morgan fingerprint density at radius 2 is 2.07 bits per heavy atom. The Labute approximate surface area is 92.5 Å². The van der Waals surface area contributed by atoms with E-state index in [9.17, 15) is 0 Å². The van der Waals surface area contributed by atoms with Crippen LogP contribution in [0.3, 0.4) is 0 Å². The number of hydrogen-bond acceptors (Lipinski definition) is 3. The van der Waals surface area contributed by atoms with Gasteiger partial charge >= 0.3 is 0 Å². The normalized spacial score (nSPS) is 26.8. The van der Waals surface area contributed by atoms with Crippen molar-refractivity contribution in [2.75, 3.05) is 6.54 Å². The van der Waals surface area contributed by atoms with Crippen molar-refractivity contribution in [3.8, 4) is 0 Å². The highest BCUT2D eigenvalue weighted by atomic mass is 35.5. The molecule has 2 rings (SSSR count). The number of nitrogens with one attached hydrogen (secondary N) is 2. The zero-order valence-electron chi connectivity index (χ0n) is 7.43. The zero-order valence-corrected chi connectivity index (χ0v) is 8.94. The van der Waals surface area contributed by atoms with Gasteiger partial charge in [-0.3, -0.25) is 5.43 Å². The molecule has 0 radical (unpaired) electrons. The molecule has 14 heavy (non-hydrogen) atoms. The summed E-state index contributed by atoms with van der Waals surface area (Å²) in [7, 11) is 0. The molecule has 0 amide bonds. The summed E-state index contributed by atoms with van der Waals surface area (Å²) >= 11 is 11.7. The van der Waals surface area contributed by atoms with E-state index >= 15 is 0 Å². The van der Waals surface area contributed by atoms with Crippen molar-refractivity contribution in [3.63, 3.8) is 0 Å². The summed E-state index contributed by atoms with van der Waals surface area (Å²) in [5.74, 6) is 0. The summed E-state index contributed by atoms with van der Waals surface area (Å²) in [6.45, 7) is 0.755. The second-order valence-electron chi connectivity index (χ2n) is 3.34. The van der Waals surface area contributed by atoms with Crippen molar-refractivity contribution >= 4 is 23.2 Å². The summed E-state index contributed by atoms with van der Waals surface area (Å²) in [5, 5.41) is 1.13. The van der Waals surface area contributed by atoms with Crippen LogP contribution in [-0.2, 0) is 0 Å². The van der Waals surface area contributed by atoms with Crippen LogP contribution in [0.25, 0.3) is 0 Å². The van der Waals surface area contributed by atoms with E-state index in [0.29, 0.717) is 10.0 Å². The van der Waals surface area contributed by atoms with Crippen molar-refractivity contribution in [2.45, 2.75) is 12.1 Å². The molecular weight excluding hydrogens is 221 g/mol. The number of benzene rings is 1. The quantitative estimate of drug-likeness (QED) is 0.687. The lowest BCUT2D eigenvalue weighted by molar-refractivity contribution is 0.551. The molecule has 2 atom stereocenters. The molecule has 76 valence electrons. The molecular formula is C9H11Cl2N3. The largest absolute Gasteiger partial charge is 0.325 e. The van der Waals surface area contributed by atoms with Crippen LogP contribution in [0.5, 0.6) is 0 Å². The minimum atomic E-state index is 0.0623. The standard InChI is InChI=1S/C9H11Cl2N3/c10-6-2-1-5(3-7(6)11)9-8(12)4-13-14-9/h1-3,8-9,13-14H,4,12H2. The van der Waals surface area contributed by atoms with Gasteiger partial charge in [0.05, 0.1) is 16.1 Å². The SMILES string of the molecule is NC1CNNC1c1ccc(Cl)c(Cl)c1. The molecule has 5 heteroatoms. The van der Waals surface area contributed by atoms with Crippen molar-refractivity contribution in [3.05, 3.63) is 33.8 Å². The van der Waals surface area contributed by atoms with Gasteiger partial charge in [0, 0.05) is 12.6 Å². The predicted molar refractivity (Wildman–Crippen MR) is 58.3 cm³/mol. The number of nitrogens with two attached hydrogens (primary N) is 1. The molecule has 1 aliphatic rings. The predicted octanol–water partition coefficient (Wildman–Crippen LogP) is 1.47. The summed E-state index contributed by atoms with van der Waals surface area (Å²) < 4.78 is 0. The van der Waals surface area contributed by atoms with Gasteiger partial charge in [-0.1, -0.05) is 29.3 Å². The molecule has 1 aliphatic heterocycles. The average molecular weight is 232 g/mol. The fraction of sp³-hybridized carbons (Fsp3) is 0.333. The minimum absolute atomic E-state index is 0.0623. The van der Waals surface area contributed by atoms with Gasteiger partial charge in [0.25, 0.3) is 0 Å². The lowest BCUT2D eigenvalue weighted by Gasteiger charge is -2.15. The molecule has 1 fully saturated rings. The molecule has 1 aromatic carbocycles. The second-order valence-corrected chi connectivity index (χ2v) is 4.15. The van der Waals surface area contributed by atoms with Gasteiger partial charge in [-0.25, -0.2) is 5.43 Å². The van der Waals surface area contributed by atoms with E-state index in [1.807, 2.05) is 12.1 Å². The summed E-state index contributed by atoms with van der Waals surface area (Å²) in [4.78, 5) is 0. The maximum absolute atomic E-state index is 5.92. The van der Waals surface area contributed by atoms with Crippen molar-refractivity contribution < 1.29 is 0 Å². The lowest BCUT2D eigenvalue weighted by Crippen LogP contribution is -2.29. The van der Waals surface area contributed by atoms with Crippen molar-refractivity contribution in [1.29, 1.82) is 0 Å². The lowest BCUT2D eigenvalue weighted by atomic mass is 10.0. The average Bonchev–Trinajstić information content (AvgIpc) is 2.57. The van der Waals surface area contributed by atoms with Crippen molar-refractivity contribution in [1.82, 2.24) is 10.9 Å². The third-order valence-electron chi connectivity index (χ3n) is 2.33. The van der Waals surface area contributed by atoms with Gasteiger partial charge in [0.15, 0.2) is 0 Å². The molecule has 2 unspecified atom stereocenters. The Balaban J connectivity index is 2.28. The molecule has 0 aliphatic carbocycles. The fourth-order valence-corrected chi connectivity index (χ4v) is 1.85. The summed E-state index contributed by atoms with van der Waals surface area (Å²) in [5.41, 5.74) is 13.0. The third-order valence-corrected chi connectivity index (χ3v) is 3.07. The topological polar surface area (TPSA) is 50.1 Å². The van der Waals surface area contributed by atoms with Crippen LogP contribution in [0, 0.1) is 0 Å². The number of hydrazine groups is 1. The van der Waals surface area contributed by atoms with E-state index in [1.54, 1.807) is 6.07 Å². The zero-order chi connectivity index (χ0) is 10.1. The van der Waals surface area contributed by atoms with E-state index in [0.717, 1.165) is 12.1 Å². The molecule has 4 N–H and O–H groups in total. The van der Waals surface area contributed by atoms with Crippen LogP contribution in [0.4, 0.5) is 0 Å². The van der Waals surface area contributed by atoms with Gasteiger partial charge in [-0.05, 0) is 17.7 Å². The first-order valence-electron chi connectivity index (χ1n) is 4.37. The van der Waals surface area contributed by atoms with Gasteiger partial charge in [-0.2, -0.15) is 0 Å². The number of hydrogen-bond donors (Lipinski definition) is 3. The van der Waals surface area contributed by atoms with Crippen LogP contribution >= 0.6 is 23.2 Å². The molecule has 0 bridgehead atoms. The Hall–Kier alpha value is -0.320. The number of halogens is 2. The molecule has 1 heterocycles. The molecule has 3 nitrogen and oxygen atoms in total. The highest BCUT2D eigenvalue weighted by molar-refractivity contribution is 6.42. The Morgan fingerprint density at radius 3 is 2.64 bits per heavy atom. The molecule has 0 aromatic heterocycles. The van der Waals surface area contributed by atoms with E-state index in [-0.39, 0.29) is 12.1 Å². The van der Waals surface area contributed by atoms with Gasteiger partial charge in [0.2, 0.25) is 0 Å². The Morgan fingerprint density at radius 1 is 1.29 bits per heavy atom. The number of rotatable bonds is 1. The molecule has 1 aromatic rings. The molecule has 1 saturated heterocycles. The minimum Gasteiger partial charge on any atom is -0.325 e. The first-order chi connectivity index (χ1) is 6.68. The van der Waals surface area contributed by atoms with Crippen molar-refractivity contribution in [2.24, 2.45) is 5.73 Å². The van der Waals surface area contributed by atoms with Crippen LogP contribution in [0.2, 0.25) is 10.0 Å². The van der Waals surface area contributed by atoms with Crippen LogP contribution in [0.15, 0.2) is 18.2 Å². The maximum Gasteiger partial charge on any atom is 0.0626 e. The van der Waals surface area contributed by atoms with Gasteiger partial charge < -0.3 is 5.73 Å². The third kappa shape index (κ3) is 1.87. The highest BCUT2D eigenvalue weighted by Crippen LogP contribution is 2.27. The summed E-state index contributed by atoms with van der Waals surface area (Å²) in [6.07, 6.45) is 0. The maximum atomic E-state index is 5.92. The van der Waals surface area contributed by atoms with E-state index in [1.165, 1.54) is 0 Å². The molecule has 0 spiro atoms. The monoisotopic (exact) mass is 231 g/mol. The van der Waals surface area contributed by atoms with Crippen LogP contribution < -0.4 is 16.6 Å². The van der Waals surface area contributed by atoms with Gasteiger partial charge in [0.1, 0.15) is 0 Å². The first-order valence-corrected chi connectivity index (χ1v) is 5.13. The Kier molecular flexibility index (Phi) is 2.95. The summed E-state index contributed by atoms with van der Waals surface area (Å²) in [6, 6.07) is 5.72. The highest BCUT2D eigenvalue weighted by Gasteiger charge is 2.24. The van der Waals surface area contributed by atoms with E-state index < -0.39 is 0 Å². The first kappa shape index (κ1) is 10.2. The van der Waals surface area contributed by atoms with Crippen LogP contribution in [0.1, 0.15) is 11.6 Å². The second kappa shape index (κ2) is 4.04.